The molecule has 0 amide bonds. The lowest BCUT2D eigenvalue weighted by molar-refractivity contribution is 0.0319. The molecule has 1 N–H and O–H groups in total. The van der Waals surface area contributed by atoms with E-state index >= 15 is 0 Å². The number of aryl methyl sites for hydroxylation is 1. The normalized spacial score (nSPS) is 12.6. The second-order valence-corrected chi connectivity index (χ2v) is 10.9. The van der Waals surface area contributed by atoms with E-state index in [4.69, 9.17) is 16.3 Å². The van der Waals surface area contributed by atoms with Crippen LogP contribution in [-0.2, 0) is 21.3 Å². The number of sulfonamides is 1. The number of carbonyl (C=O) groups excluding carboxylic acids is 2. The highest BCUT2D eigenvalue weighted by atomic mass is 35.5. The quantitative estimate of drug-likeness (QED) is 0.246. The number of carbonyl (C=O) groups is 2. The van der Waals surface area contributed by atoms with Gasteiger partial charge in [0.25, 0.3) is 0 Å². The first kappa shape index (κ1) is 25.6. The van der Waals surface area contributed by atoms with Gasteiger partial charge in [0, 0.05) is 35.8 Å². The van der Waals surface area contributed by atoms with E-state index in [1.165, 1.54) is 36.5 Å². The van der Waals surface area contributed by atoms with Crippen molar-refractivity contribution >= 4 is 44.3 Å². The molecule has 0 bridgehead atoms. The molecule has 0 spiro atoms. The Morgan fingerprint density at radius 2 is 1.69 bits per heavy atom. The molecule has 4 rings (SSSR count). The summed E-state index contributed by atoms with van der Waals surface area (Å²) in [5, 5.41) is 0.753. The van der Waals surface area contributed by atoms with Crippen LogP contribution in [0, 0.1) is 6.92 Å². The van der Waals surface area contributed by atoms with Crippen molar-refractivity contribution in [1.29, 1.82) is 0 Å². The van der Waals surface area contributed by atoms with E-state index in [0.717, 1.165) is 16.5 Å². The number of nitrogens with zero attached hydrogens (tertiary/aromatic N) is 1. The van der Waals surface area contributed by atoms with Gasteiger partial charge in [-0.3, -0.25) is 4.79 Å². The Morgan fingerprint density at radius 3 is 2.42 bits per heavy atom. The molecule has 0 aliphatic carbocycles. The van der Waals surface area contributed by atoms with Crippen molar-refractivity contribution in [3.8, 4) is 0 Å². The van der Waals surface area contributed by atoms with Crippen LogP contribution in [0.2, 0.25) is 5.02 Å². The lowest BCUT2D eigenvalue weighted by Gasteiger charge is -2.18. The molecule has 1 atom stereocenters. The topological polar surface area (TPSA) is 96.5 Å². The molecule has 0 saturated carbocycles. The summed E-state index contributed by atoms with van der Waals surface area (Å²) in [5.41, 5.74) is 2.59. The second-order valence-electron chi connectivity index (χ2n) is 8.47. The molecule has 0 fully saturated rings. The molecule has 1 aromatic heterocycles. The summed E-state index contributed by atoms with van der Waals surface area (Å²) in [6.07, 6.45) is -1.12. The smallest absolute Gasteiger partial charge is 0.340 e. The zero-order chi connectivity index (χ0) is 26.0. The number of aromatic nitrogens is 1. The van der Waals surface area contributed by atoms with Gasteiger partial charge in [-0.15, -0.1) is 0 Å². The summed E-state index contributed by atoms with van der Waals surface area (Å²) in [4.78, 5) is 29.2. The van der Waals surface area contributed by atoms with Crippen molar-refractivity contribution in [3.63, 3.8) is 0 Å². The Morgan fingerprint density at radius 1 is 1.03 bits per heavy atom. The van der Waals surface area contributed by atoms with E-state index in [2.05, 4.69) is 4.98 Å². The van der Waals surface area contributed by atoms with E-state index in [-0.39, 0.29) is 27.8 Å². The molecule has 7 nitrogen and oxygen atoms in total. The number of fused-ring (bicyclic) bond motifs is 1. The molecule has 0 unspecified atom stereocenters. The first-order valence-electron chi connectivity index (χ1n) is 11.2. The van der Waals surface area contributed by atoms with Crippen LogP contribution in [0.15, 0.2) is 77.7 Å². The summed E-state index contributed by atoms with van der Waals surface area (Å²) in [6.45, 7) is 3.41. The number of esters is 1. The molecular weight excluding hydrogens is 500 g/mol. The fraction of sp³-hybridized carbons (Fsp3) is 0.185. The van der Waals surface area contributed by atoms with Gasteiger partial charge >= 0.3 is 5.97 Å². The third kappa shape index (κ3) is 5.06. The van der Waals surface area contributed by atoms with E-state index in [9.17, 15) is 18.0 Å². The first-order chi connectivity index (χ1) is 17.1. The van der Waals surface area contributed by atoms with E-state index < -0.39 is 22.1 Å². The maximum Gasteiger partial charge on any atom is 0.340 e. The number of Topliss-reactive ketones (excluding diaryl/α,β-unsaturated/α-hetero) is 1. The van der Waals surface area contributed by atoms with E-state index in [1.807, 2.05) is 54.6 Å². The molecule has 0 radical (unpaired) electrons. The van der Waals surface area contributed by atoms with Gasteiger partial charge in [-0.1, -0.05) is 60.1 Å². The minimum absolute atomic E-state index is 0.0209. The van der Waals surface area contributed by atoms with Gasteiger partial charge in [-0.25, -0.2) is 13.2 Å². The van der Waals surface area contributed by atoms with Gasteiger partial charge in [0.05, 0.1) is 15.5 Å². The molecule has 4 aromatic rings. The minimum Gasteiger partial charge on any atom is -0.451 e. The number of nitrogens with one attached hydrogen (secondary N) is 1. The lowest BCUT2D eigenvalue weighted by atomic mass is 10.0. The number of ketones is 1. The zero-order valence-corrected chi connectivity index (χ0v) is 21.6. The number of rotatable bonds is 8. The number of hydrogen-bond acceptors (Lipinski definition) is 5. The van der Waals surface area contributed by atoms with Gasteiger partial charge in [-0.2, -0.15) is 4.31 Å². The van der Waals surface area contributed by atoms with Gasteiger partial charge in [0.15, 0.2) is 6.10 Å². The molecule has 1 heterocycles. The summed E-state index contributed by atoms with van der Waals surface area (Å²) < 4.78 is 32.9. The summed E-state index contributed by atoms with van der Waals surface area (Å²) >= 11 is 6.22. The summed E-state index contributed by atoms with van der Waals surface area (Å²) in [7, 11) is -2.47. The lowest BCUT2D eigenvalue weighted by Crippen LogP contribution is -2.27. The molecule has 0 aliphatic heterocycles. The summed E-state index contributed by atoms with van der Waals surface area (Å²) in [5.74, 6) is -1.26. The SMILES string of the molecule is Cc1[nH]c2ccccc2c1C(=O)[C@H](C)OC(=O)c1cc(S(=O)(=O)N(C)Cc2ccccc2)ccc1Cl. The minimum atomic E-state index is -3.92. The van der Waals surface area contributed by atoms with Gasteiger partial charge in [0.2, 0.25) is 15.8 Å². The standard InChI is InChI=1S/C27H25ClN2O5S/c1-17-25(21-11-7-8-12-24(21)29-17)26(31)18(2)35-27(32)22-15-20(13-14-23(22)28)36(33,34)30(3)16-19-9-5-4-6-10-19/h4-15,18,29H,16H2,1-3H3/t18-/m0/s1. The van der Waals surface area contributed by atoms with Gasteiger partial charge < -0.3 is 9.72 Å². The van der Waals surface area contributed by atoms with Crippen LogP contribution in [0.3, 0.4) is 0 Å². The van der Waals surface area contributed by atoms with Crippen LogP contribution >= 0.6 is 11.6 Å². The highest BCUT2D eigenvalue weighted by Gasteiger charge is 2.28. The van der Waals surface area contributed by atoms with Crippen molar-refractivity contribution < 1.29 is 22.7 Å². The summed E-state index contributed by atoms with van der Waals surface area (Å²) in [6, 6.07) is 20.3. The van der Waals surface area contributed by atoms with Crippen LogP contribution in [0.25, 0.3) is 10.9 Å². The molecule has 0 aliphatic rings. The number of aromatic amines is 1. The van der Waals surface area contributed by atoms with Crippen molar-refractivity contribution in [2.45, 2.75) is 31.4 Å². The number of H-pyrrole nitrogens is 1. The van der Waals surface area contributed by atoms with Crippen molar-refractivity contribution in [2.24, 2.45) is 0 Å². The van der Waals surface area contributed by atoms with E-state index in [1.54, 1.807) is 6.92 Å². The van der Waals surface area contributed by atoms with Crippen molar-refractivity contribution in [3.05, 3.63) is 100 Å². The Hall–Kier alpha value is -3.46. The maximum atomic E-state index is 13.1. The first-order valence-corrected chi connectivity index (χ1v) is 13.0. The highest BCUT2D eigenvalue weighted by molar-refractivity contribution is 7.89. The Kier molecular flexibility index (Phi) is 7.31. The average molecular weight is 525 g/mol. The largest absolute Gasteiger partial charge is 0.451 e. The van der Waals surface area contributed by atoms with Gasteiger partial charge in [-0.05, 0) is 43.7 Å². The Balaban J connectivity index is 1.55. The molecule has 186 valence electrons. The van der Waals surface area contributed by atoms with Crippen LogP contribution in [0.1, 0.15) is 38.9 Å². The van der Waals surface area contributed by atoms with Gasteiger partial charge in [0.1, 0.15) is 0 Å². The highest BCUT2D eigenvalue weighted by Crippen LogP contribution is 2.27. The number of ether oxygens (including phenoxy) is 1. The predicted octanol–water partition coefficient (Wildman–Crippen LogP) is 5.38. The predicted molar refractivity (Wildman–Crippen MR) is 139 cm³/mol. The number of benzene rings is 3. The molecular formula is C27H25ClN2O5S. The molecule has 3 aromatic carbocycles. The van der Waals surface area contributed by atoms with Crippen molar-refractivity contribution in [2.75, 3.05) is 7.05 Å². The monoisotopic (exact) mass is 524 g/mol. The number of hydrogen-bond donors (Lipinski definition) is 1. The Bertz CT molecular complexity index is 1550. The average Bonchev–Trinajstić information content (AvgIpc) is 3.19. The molecule has 9 heteroatoms. The van der Waals surface area contributed by atoms with Crippen molar-refractivity contribution in [1.82, 2.24) is 9.29 Å². The third-order valence-electron chi connectivity index (χ3n) is 5.91. The van der Waals surface area contributed by atoms with Crippen LogP contribution < -0.4 is 0 Å². The molecule has 36 heavy (non-hydrogen) atoms. The number of halogens is 1. The maximum absolute atomic E-state index is 13.1. The Labute approximate surface area is 214 Å². The fourth-order valence-corrected chi connectivity index (χ4v) is 5.38. The van der Waals surface area contributed by atoms with Crippen LogP contribution in [0.5, 0.6) is 0 Å². The zero-order valence-electron chi connectivity index (χ0n) is 20.0. The second kappa shape index (κ2) is 10.3. The van der Waals surface area contributed by atoms with Crippen LogP contribution in [0.4, 0.5) is 0 Å². The fourth-order valence-electron chi connectivity index (χ4n) is 4.00. The molecule has 0 saturated heterocycles. The van der Waals surface area contributed by atoms with Crippen LogP contribution in [-0.4, -0.2) is 42.6 Å². The third-order valence-corrected chi connectivity index (χ3v) is 8.04. The van der Waals surface area contributed by atoms with E-state index in [0.29, 0.717) is 11.3 Å². The number of para-hydroxylation sites is 1.